The molecule has 0 spiro atoms. The molecule has 3 aromatic carbocycles. The first-order chi connectivity index (χ1) is 10.8. The maximum absolute atomic E-state index is 12.5. The van der Waals surface area contributed by atoms with Crippen molar-refractivity contribution >= 4 is 28.9 Å². The Morgan fingerprint density at radius 3 is 1.09 bits per heavy atom. The molecule has 1 radical (unpaired) electrons. The fourth-order valence-electron chi connectivity index (χ4n) is 2.93. The second-order valence-corrected chi connectivity index (χ2v) is 8.81. The summed E-state index contributed by atoms with van der Waals surface area (Å²) in [5.41, 5.74) is -0.740. The van der Waals surface area contributed by atoms with Crippen LogP contribution in [0.15, 0.2) is 91.0 Å². The van der Waals surface area contributed by atoms with Crippen molar-refractivity contribution in [3.05, 3.63) is 91.0 Å². The van der Waals surface area contributed by atoms with E-state index in [1.54, 1.807) is 0 Å². The molecule has 0 aliphatic heterocycles. The van der Waals surface area contributed by atoms with E-state index in [-0.39, 0.29) is 17.1 Å². The van der Waals surface area contributed by atoms with Crippen molar-refractivity contribution in [3.63, 3.8) is 0 Å². The molecule has 0 aromatic heterocycles. The minimum atomic E-state index is -3.08. The van der Waals surface area contributed by atoms with Crippen LogP contribution in [0.25, 0.3) is 0 Å². The fraction of sp³-hybridized carbons (Fsp3) is 0. The van der Waals surface area contributed by atoms with Gasteiger partial charge in [-0.3, -0.25) is 0 Å². The van der Waals surface area contributed by atoms with Gasteiger partial charge in [-0.1, -0.05) is 0 Å². The largest absolute Gasteiger partial charge is 0 e. The van der Waals surface area contributed by atoms with Gasteiger partial charge >= 0.3 is 130 Å². The van der Waals surface area contributed by atoms with E-state index in [1.165, 1.54) is 0 Å². The van der Waals surface area contributed by atoms with E-state index in [9.17, 15) is 9.90 Å². The molecule has 0 saturated heterocycles. The summed E-state index contributed by atoms with van der Waals surface area (Å²) in [6.45, 7) is 0. The van der Waals surface area contributed by atoms with Crippen molar-refractivity contribution in [2.75, 3.05) is 0 Å². The summed E-state index contributed by atoms with van der Waals surface area (Å²) in [7, 11) is -3.08. The second-order valence-electron chi connectivity index (χ2n) is 5.15. The van der Waals surface area contributed by atoms with Crippen LogP contribution >= 0.6 is 7.26 Å². The van der Waals surface area contributed by atoms with Gasteiger partial charge in [0, 0.05) is 17.1 Å². The topological polar surface area (TPSA) is 37.3 Å². The molecule has 2 nitrogen and oxygen atoms in total. The number of hydrogen-bond acceptors (Lipinski definition) is 1. The molecule has 0 bridgehead atoms. The van der Waals surface area contributed by atoms with E-state index < -0.39 is 13.0 Å². The Hall–Kier alpha value is -1.92. The Bertz CT molecular complexity index is 664. The molecule has 0 amide bonds. The predicted molar refractivity (Wildman–Crippen MR) is 94.6 cm³/mol. The van der Waals surface area contributed by atoms with E-state index in [1.807, 2.05) is 91.0 Å². The van der Waals surface area contributed by atoms with Crippen LogP contribution in [0.3, 0.4) is 0 Å². The average Bonchev–Trinajstić information content (AvgIpc) is 2.58. The molecule has 0 saturated carbocycles. The van der Waals surface area contributed by atoms with Crippen LogP contribution in [0.1, 0.15) is 0 Å². The van der Waals surface area contributed by atoms with Gasteiger partial charge in [0.05, 0.1) is 0 Å². The van der Waals surface area contributed by atoms with Crippen molar-refractivity contribution in [3.8, 4) is 0 Å². The Morgan fingerprint density at radius 1 is 0.609 bits per heavy atom. The molecule has 3 aromatic rings. The smallest absolute Gasteiger partial charge is 0 e. The number of hydrogen-bond donors (Lipinski definition) is 1. The van der Waals surface area contributed by atoms with Crippen molar-refractivity contribution in [1.29, 1.82) is 0 Å². The van der Waals surface area contributed by atoms with Crippen LogP contribution in [-0.2, 0) is 17.1 Å². The minimum Gasteiger partial charge on any atom is 0 e. The third-order valence-electron chi connectivity index (χ3n) is 3.94. The summed E-state index contributed by atoms with van der Waals surface area (Å²) in [6, 6.07) is 28.8. The first-order valence-electron chi connectivity index (χ1n) is 7.16. The van der Waals surface area contributed by atoms with Crippen LogP contribution in [0, 0.1) is 0 Å². The molecule has 0 unspecified atom stereocenters. The molecular formula is C19H17CuO2P. The molecule has 4 heteroatoms. The molecule has 0 aliphatic carbocycles. The van der Waals surface area contributed by atoms with Crippen LogP contribution in [0.5, 0.6) is 0 Å². The number of benzene rings is 3. The van der Waals surface area contributed by atoms with Gasteiger partial charge in [0.2, 0.25) is 0 Å². The zero-order valence-electron chi connectivity index (χ0n) is 12.3. The number of carboxylic acid groups (broad SMARTS) is 1. The molecule has 0 heterocycles. The molecule has 0 aliphatic rings. The third-order valence-corrected chi connectivity index (χ3v) is 8.18. The van der Waals surface area contributed by atoms with Crippen LogP contribution in [0.2, 0.25) is 0 Å². The first-order valence-corrected chi connectivity index (χ1v) is 9.16. The molecular weight excluding hydrogens is 355 g/mol. The minimum absolute atomic E-state index is 0. The molecule has 0 atom stereocenters. The van der Waals surface area contributed by atoms with Gasteiger partial charge in [0.25, 0.3) is 0 Å². The summed E-state index contributed by atoms with van der Waals surface area (Å²) >= 11 is 0. The SMILES string of the molecule is O=C(O)[PH](c1ccccc1)(c1ccccc1)c1ccccc1.[Cu]. The monoisotopic (exact) mass is 371 g/mol. The van der Waals surface area contributed by atoms with Gasteiger partial charge in [0.1, 0.15) is 0 Å². The van der Waals surface area contributed by atoms with Gasteiger partial charge in [-0.25, -0.2) is 0 Å². The predicted octanol–water partition coefficient (Wildman–Crippen LogP) is 3.39. The van der Waals surface area contributed by atoms with Crippen molar-refractivity contribution in [2.24, 2.45) is 0 Å². The average molecular weight is 372 g/mol. The fourth-order valence-corrected chi connectivity index (χ4v) is 6.75. The van der Waals surface area contributed by atoms with Crippen LogP contribution in [0.4, 0.5) is 4.79 Å². The first kappa shape index (κ1) is 17.4. The van der Waals surface area contributed by atoms with E-state index in [0.717, 1.165) is 15.9 Å². The quantitative estimate of drug-likeness (QED) is 0.564. The van der Waals surface area contributed by atoms with Gasteiger partial charge < -0.3 is 0 Å². The van der Waals surface area contributed by atoms with Crippen molar-refractivity contribution < 1.29 is 27.0 Å². The zero-order valence-corrected chi connectivity index (χ0v) is 14.3. The standard InChI is InChI=1S/C19H17O2P.Cu/c20-19(21)22(16-10-4-1-5-11-16,17-12-6-2-7-13-17)18-14-8-3-9-15-18;/h1-15,22H,(H,20,21);. The van der Waals surface area contributed by atoms with Crippen molar-refractivity contribution in [1.82, 2.24) is 0 Å². The van der Waals surface area contributed by atoms with Gasteiger partial charge in [-0.15, -0.1) is 0 Å². The Balaban J connectivity index is 0.00000192. The molecule has 121 valence electrons. The number of rotatable bonds is 4. The summed E-state index contributed by atoms with van der Waals surface area (Å²) in [6.07, 6.45) is 0. The number of carbonyl (C=O) groups is 1. The maximum atomic E-state index is 12.5. The summed E-state index contributed by atoms with van der Waals surface area (Å²) < 4.78 is 0. The zero-order chi connectivity index (χ0) is 15.4. The molecule has 1 N–H and O–H groups in total. The normalized spacial score (nSPS) is 11.3. The van der Waals surface area contributed by atoms with E-state index in [4.69, 9.17) is 0 Å². The van der Waals surface area contributed by atoms with Gasteiger partial charge in [-0.05, 0) is 0 Å². The van der Waals surface area contributed by atoms with Crippen molar-refractivity contribution in [2.45, 2.75) is 0 Å². The molecule has 3 rings (SSSR count). The Labute approximate surface area is 147 Å². The maximum Gasteiger partial charge on any atom is 0 e. The van der Waals surface area contributed by atoms with Crippen LogP contribution < -0.4 is 15.9 Å². The molecule has 23 heavy (non-hydrogen) atoms. The van der Waals surface area contributed by atoms with E-state index >= 15 is 0 Å². The summed E-state index contributed by atoms with van der Waals surface area (Å²) in [5, 5.41) is 12.9. The third kappa shape index (κ3) is 3.09. The summed E-state index contributed by atoms with van der Waals surface area (Å²) in [4.78, 5) is 12.5. The van der Waals surface area contributed by atoms with E-state index in [2.05, 4.69) is 0 Å². The Morgan fingerprint density at radius 2 is 0.870 bits per heavy atom. The Kier molecular flexibility index (Phi) is 5.74. The summed E-state index contributed by atoms with van der Waals surface area (Å²) in [5.74, 6) is 0. The van der Waals surface area contributed by atoms with E-state index in [0.29, 0.717) is 0 Å². The second kappa shape index (κ2) is 7.57. The molecule has 0 fully saturated rings. The van der Waals surface area contributed by atoms with Crippen LogP contribution in [-0.4, -0.2) is 10.8 Å². The van der Waals surface area contributed by atoms with Gasteiger partial charge in [0.15, 0.2) is 0 Å². The van der Waals surface area contributed by atoms with Gasteiger partial charge in [-0.2, -0.15) is 0 Å².